The number of imidazole rings is 1. The van der Waals surface area contributed by atoms with Crippen molar-refractivity contribution in [1.82, 2.24) is 39.7 Å². The lowest BCUT2D eigenvalue weighted by Crippen LogP contribution is -2.04. The van der Waals surface area contributed by atoms with Crippen LogP contribution in [-0.4, -0.2) is 46.3 Å². The van der Waals surface area contributed by atoms with Gasteiger partial charge in [-0.2, -0.15) is 0 Å². The number of aromatic nitrogens is 8. The summed E-state index contributed by atoms with van der Waals surface area (Å²) in [5, 5.41) is 14.4. The summed E-state index contributed by atoms with van der Waals surface area (Å²) in [5.41, 5.74) is 2.64. The van der Waals surface area contributed by atoms with Gasteiger partial charge in [-0.15, -0.1) is 5.10 Å². The van der Waals surface area contributed by atoms with Gasteiger partial charge in [-0.25, -0.2) is 19.6 Å². The van der Waals surface area contributed by atoms with Crippen LogP contribution in [0.3, 0.4) is 0 Å². The van der Waals surface area contributed by atoms with E-state index in [1.54, 1.807) is 29.6 Å². The fourth-order valence-corrected chi connectivity index (χ4v) is 2.56. The lowest BCUT2D eigenvalue weighted by Gasteiger charge is -2.10. The van der Waals surface area contributed by atoms with Crippen molar-refractivity contribution in [3.63, 3.8) is 0 Å². The highest BCUT2D eigenvalue weighted by Crippen LogP contribution is 2.22. The average Bonchev–Trinajstić information content (AvgIpc) is 3.39. The van der Waals surface area contributed by atoms with Gasteiger partial charge in [0.1, 0.15) is 12.2 Å². The second-order valence-corrected chi connectivity index (χ2v) is 5.62. The van der Waals surface area contributed by atoms with E-state index in [4.69, 9.17) is 0 Å². The van der Waals surface area contributed by atoms with Crippen molar-refractivity contribution in [2.75, 3.05) is 11.9 Å². The second-order valence-electron chi connectivity index (χ2n) is 5.62. The van der Waals surface area contributed by atoms with E-state index in [0.717, 1.165) is 35.7 Å². The third kappa shape index (κ3) is 3.14. The van der Waals surface area contributed by atoms with Crippen molar-refractivity contribution < 1.29 is 0 Å². The molecule has 3 heterocycles. The van der Waals surface area contributed by atoms with Gasteiger partial charge in [0.05, 0.1) is 11.3 Å². The van der Waals surface area contributed by atoms with Crippen LogP contribution < -0.4 is 5.32 Å². The minimum atomic E-state index is 0.620. The van der Waals surface area contributed by atoms with Crippen molar-refractivity contribution in [1.29, 1.82) is 0 Å². The first kappa shape index (κ1) is 15.9. The summed E-state index contributed by atoms with van der Waals surface area (Å²) >= 11 is 0. The molecule has 0 saturated heterocycles. The fourth-order valence-electron chi connectivity index (χ4n) is 2.56. The van der Waals surface area contributed by atoms with Crippen LogP contribution in [0.25, 0.3) is 22.8 Å². The van der Waals surface area contributed by atoms with Crippen molar-refractivity contribution in [2.24, 2.45) is 0 Å². The number of nitrogens with one attached hydrogen (secondary N) is 1. The van der Waals surface area contributed by atoms with Gasteiger partial charge in [0.25, 0.3) is 0 Å². The van der Waals surface area contributed by atoms with E-state index in [9.17, 15) is 0 Å². The quantitative estimate of drug-likeness (QED) is 0.570. The molecule has 0 aliphatic heterocycles. The van der Waals surface area contributed by atoms with E-state index in [-0.39, 0.29) is 0 Å². The molecule has 0 fully saturated rings. The molecule has 3 aromatic heterocycles. The Morgan fingerprint density at radius 3 is 2.69 bits per heavy atom. The molecule has 4 rings (SSSR count). The van der Waals surface area contributed by atoms with Gasteiger partial charge < -0.3 is 5.32 Å². The van der Waals surface area contributed by atoms with Gasteiger partial charge >= 0.3 is 0 Å². The summed E-state index contributed by atoms with van der Waals surface area (Å²) in [4.78, 5) is 13.2. The van der Waals surface area contributed by atoms with E-state index in [1.165, 1.54) is 0 Å². The highest BCUT2D eigenvalue weighted by Gasteiger charge is 2.10. The molecule has 0 atom stereocenters. The fraction of sp³-hybridized carbons (Fsp3) is 0.176. The van der Waals surface area contributed by atoms with Crippen molar-refractivity contribution in [2.45, 2.75) is 13.3 Å². The minimum Gasteiger partial charge on any atom is -0.354 e. The molecule has 9 heteroatoms. The first-order valence-corrected chi connectivity index (χ1v) is 8.28. The summed E-state index contributed by atoms with van der Waals surface area (Å²) in [6.07, 6.45) is 9.78. The number of rotatable bonds is 6. The average molecular weight is 347 g/mol. The lowest BCUT2D eigenvalue weighted by molar-refractivity contribution is 0.788. The molecule has 0 bridgehead atoms. The molecule has 0 aliphatic rings. The molecule has 9 nitrogen and oxygen atoms in total. The monoisotopic (exact) mass is 347 g/mol. The van der Waals surface area contributed by atoms with Gasteiger partial charge in [-0.1, -0.05) is 13.0 Å². The number of hydrogen-bond acceptors (Lipinski definition) is 7. The van der Waals surface area contributed by atoms with Crippen LogP contribution in [-0.2, 0) is 0 Å². The van der Waals surface area contributed by atoms with Gasteiger partial charge in [0.15, 0.2) is 0 Å². The van der Waals surface area contributed by atoms with E-state index >= 15 is 0 Å². The van der Waals surface area contributed by atoms with E-state index in [1.807, 2.05) is 35.0 Å². The SMILES string of the molecule is CCCNc1ncc(-c2nccn2-c2cccc(-n3cnnn3)c2)cn1. The van der Waals surface area contributed by atoms with Crippen molar-refractivity contribution >= 4 is 5.95 Å². The van der Waals surface area contributed by atoms with Crippen LogP contribution in [0.2, 0.25) is 0 Å². The highest BCUT2D eigenvalue weighted by molar-refractivity contribution is 5.58. The molecular formula is C17H17N9. The number of benzene rings is 1. The Hall–Kier alpha value is -3.62. The molecule has 4 aromatic rings. The Bertz CT molecular complexity index is 974. The van der Waals surface area contributed by atoms with Gasteiger partial charge in [-0.3, -0.25) is 4.57 Å². The van der Waals surface area contributed by atoms with Crippen LogP contribution in [0.5, 0.6) is 0 Å². The van der Waals surface area contributed by atoms with Crippen LogP contribution in [0.15, 0.2) is 55.4 Å². The first-order chi connectivity index (χ1) is 12.8. The molecule has 130 valence electrons. The molecular weight excluding hydrogens is 330 g/mol. The highest BCUT2D eigenvalue weighted by atomic mass is 15.5. The molecule has 0 radical (unpaired) electrons. The maximum atomic E-state index is 4.46. The topological polar surface area (TPSA) is 99.2 Å². The normalized spacial score (nSPS) is 10.8. The number of tetrazole rings is 1. The summed E-state index contributed by atoms with van der Waals surface area (Å²) < 4.78 is 3.59. The van der Waals surface area contributed by atoms with Gasteiger partial charge in [0, 0.05) is 37.0 Å². The predicted molar refractivity (Wildman–Crippen MR) is 96.1 cm³/mol. The molecule has 0 aliphatic carbocycles. The Kier molecular flexibility index (Phi) is 4.33. The predicted octanol–water partition coefficient (Wildman–Crippen LogP) is 2.13. The Balaban J connectivity index is 1.66. The number of nitrogens with zero attached hydrogens (tertiary/aromatic N) is 8. The lowest BCUT2D eigenvalue weighted by atomic mass is 10.2. The summed E-state index contributed by atoms with van der Waals surface area (Å²) in [5.74, 6) is 1.38. The summed E-state index contributed by atoms with van der Waals surface area (Å²) in [7, 11) is 0. The van der Waals surface area contributed by atoms with E-state index in [0.29, 0.717) is 5.95 Å². The molecule has 1 aromatic carbocycles. The molecule has 0 spiro atoms. The zero-order valence-corrected chi connectivity index (χ0v) is 14.2. The zero-order chi connectivity index (χ0) is 17.8. The first-order valence-electron chi connectivity index (χ1n) is 8.28. The van der Waals surface area contributed by atoms with Crippen LogP contribution in [0.1, 0.15) is 13.3 Å². The van der Waals surface area contributed by atoms with Gasteiger partial charge in [-0.05, 0) is 35.0 Å². The molecule has 1 N–H and O–H groups in total. The summed E-state index contributed by atoms with van der Waals surface area (Å²) in [6.45, 7) is 2.94. The third-order valence-corrected chi connectivity index (χ3v) is 3.81. The third-order valence-electron chi connectivity index (χ3n) is 3.81. The van der Waals surface area contributed by atoms with E-state index in [2.05, 4.69) is 42.7 Å². The van der Waals surface area contributed by atoms with E-state index < -0.39 is 0 Å². The molecule has 26 heavy (non-hydrogen) atoms. The largest absolute Gasteiger partial charge is 0.354 e. The minimum absolute atomic E-state index is 0.620. The molecule has 0 saturated carbocycles. The van der Waals surface area contributed by atoms with Crippen LogP contribution in [0.4, 0.5) is 5.95 Å². The standard InChI is InChI=1S/C17H17N9/c1-2-6-19-17-20-10-13(11-21-17)16-18-7-8-25(16)14-4-3-5-15(9-14)26-12-22-23-24-26/h3-5,7-12H,2,6H2,1H3,(H,19,20,21). The van der Waals surface area contributed by atoms with Gasteiger partial charge in [0.2, 0.25) is 5.95 Å². The second kappa shape index (κ2) is 7.09. The Morgan fingerprint density at radius 1 is 1.08 bits per heavy atom. The number of hydrogen-bond donors (Lipinski definition) is 1. The summed E-state index contributed by atoms with van der Waals surface area (Å²) in [6, 6.07) is 7.87. The maximum absolute atomic E-state index is 4.46. The molecule has 0 amide bonds. The molecule has 0 unspecified atom stereocenters. The maximum Gasteiger partial charge on any atom is 0.222 e. The smallest absolute Gasteiger partial charge is 0.222 e. The van der Waals surface area contributed by atoms with Crippen molar-refractivity contribution in [3.8, 4) is 22.8 Å². The Labute approximate surface area is 149 Å². The Morgan fingerprint density at radius 2 is 1.92 bits per heavy atom. The zero-order valence-electron chi connectivity index (χ0n) is 14.2. The van der Waals surface area contributed by atoms with Crippen LogP contribution in [0, 0.1) is 0 Å². The van der Waals surface area contributed by atoms with Crippen LogP contribution >= 0.6 is 0 Å². The number of anilines is 1. The van der Waals surface area contributed by atoms with Crippen molar-refractivity contribution in [3.05, 3.63) is 55.4 Å².